The third-order valence-electron chi connectivity index (χ3n) is 5.63. The maximum absolute atomic E-state index is 13.0. The van der Waals surface area contributed by atoms with Gasteiger partial charge in [-0.25, -0.2) is 14.8 Å². The molecule has 4 rings (SSSR count). The van der Waals surface area contributed by atoms with Crippen molar-refractivity contribution in [3.8, 4) is 0 Å². The number of esters is 1. The summed E-state index contributed by atoms with van der Waals surface area (Å²) >= 11 is 0. The third-order valence-corrected chi connectivity index (χ3v) is 5.63. The zero-order valence-electron chi connectivity index (χ0n) is 17.3. The molecule has 156 valence electrons. The highest BCUT2D eigenvalue weighted by atomic mass is 16.5. The van der Waals surface area contributed by atoms with Crippen molar-refractivity contribution in [2.24, 2.45) is 5.92 Å². The molecule has 8 nitrogen and oxygen atoms in total. The SMILES string of the molecule is COC(=O)c1ccccc1NC(=O)[C@H]1CCCN(c2ncnc3oc(C)c(C)c23)C1. The summed E-state index contributed by atoms with van der Waals surface area (Å²) in [5.74, 6) is 0.772. The minimum atomic E-state index is -0.481. The number of nitrogens with zero attached hydrogens (tertiary/aromatic N) is 3. The molecule has 3 heterocycles. The molecule has 1 amide bonds. The lowest BCUT2D eigenvalue weighted by atomic mass is 9.96. The second-order valence-electron chi connectivity index (χ2n) is 7.47. The molecular weight excluding hydrogens is 384 g/mol. The molecule has 1 atom stereocenters. The van der Waals surface area contributed by atoms with E-state index in [-0.39, 0.29) is 11.8 Å². The Morgan fingerprint density at radius 3 is 2.83 bits per heavy atom. The molecular formula is C22H24N4O4. The molecule has 1 N–H and O–H groups in total. The largest absolute Gasteiger partial charge is 0.465 e. The van der Waals surface area contributed by atoms with Crippen LogP contribution in [-0.4, -0.2) is 42.0 Å². The third kappa shape index (κ3) is 3.60. The number of anilines is 2. The molecule has 0 spiro atoms. The van der Waals surface area contributed by atoms with Crippen LogP contribution in [0.4, 0.5) is 11.5 Å². The lowest BCUT2D eigenvalue weighted by Gasteiger charge is -2.33. The van der Waals surface area contributed by atoms with E-state index in [1.54, 1.807) is 24.3 Å². The number of carbonyl (C=O) groups is 2. The summed E-state index contributed by atoms with van der Waals surface area (Å²) in [5.41, 5.74) is 2.37. The first kappa shape index (κ1) is 19.9. The van der Waals surface area contributed by atoms with Gasteiger partial charge in [0.15, 0.2) is 0 Å². The van der Waals surface area contributed by atoms with Gasteiger partial charge in [-0.1, -0.05) is 12.1 Å². The second-order valence-corrected chi connectivity index (χ2v) is 7.47. The first-order chi connectivity index (χ1) is 14.5. The van der Waals surface area contributed by atoms with Gasteiger partial charge in [0.05, 0.1) is 29.7 Å². The monoisotopic (exact) mass is 408 g/mol. The van der Waals surface area contributed by atoms with Crippen LogP contribution in [0.3, 0.4) is 0 Å². The molecule has 2 aromatic heterocycles. The van der Waals surface area contributed by atoms with Crippen molar-refractivity contribution in [3.05, 3.63) is 47.5 Å². The number of benzene rings is 1. The molecule has 1 aliphatic rings. The van der Waals surface area contributed by atoms with Crippen molar-refractivity contribution in [2.45, 2.75) is 26.7 Å². The first-order valence-electron chi connectivity index (χ1n) is 9.93. The highest BCUT2D eigenvalue weighted by Crippen LogP contribution is 2.33. The number of ether oxygens (including phenoxy) is 1. The normalized spacial score (nSPS) is 16.5. The average molecular weight is 408 g/mol. The molecule has 0 aliphatic carbocycles. The van der Waals surface area contributed by atoms with E-state index in [0.717, 1.165) is 41.9 Å². The van der Waals surface area contributed by atoms with E-state index in [1.807, 2.05) is 13.8 Å². The predicted molar refractivity (Wildman–Crippen MR) is 113 cm³/mol. The van der Waals surface area contributed by atoms with Crippen LogP contribution in [0.15, 0.2) is 35.0 Å². The Balaban J connectivity index is 1.56. The summed E-state index contributed by atoms with van der Waals surface area (Å²) in [6.45, 7) is 5.23. The van der Waals surface area contributed by atoms with Crippen LogP contribution in [-0.2, 0) is 9.53 Å². The summed E-state index contributed by atoms with van der Waals surface area (Å²) in [4.78, 5) is 35.8. The molecule has 0 saturated carbocycles. The summed E-state index contributed by atoms with van der Waals surface area (Å²) in [7, 11) is 1.32. The van der Waals surface area contributed by atoms with Crippen LogP contribution in [0.5, 0.6) is 0 Å². The molecule has 0 radical (unpaired) electrons. The lowest BCUT2D eigenvalue weighted by Crippen LogP contribution is -2.41. The fourth-order valence-electron chi connectivity index (χ4n) is 3.90. The second kappa shape index (κ2) is 8.14. The molecule has 1 aromatic carbocycles. The number of amides is 1. The van der Waals surface area contributed by atoms with Gasteiger partial charge in [-0.3, -0.25) is 4.79 Å². The van der Waals surface area contributed by atoms with E-state index in [2.05, 4.69) is 20.2 Å². The fourth-order valence-corrected chi connectivity index (χ4v) is 3.90. The van der Waals surface area contributed by atoms with Gasteiger partial charge in [0.1, 0.15) is 17.9 Å². The number of para-hydroxylation sites is 1. The number of hydrogen-bond donors (Lipinski definition) is 1. The van der Waals surface area contributed by atoms with Crippen LogP contribution in [0.2, 0.25) is 0 Å². The van der Waals surface area contributed by atoms with E-state index in [1.165, 1.54) is 13.4 Å². The topological polar surface area (TPSA) is 97.6 Å². The number of furan rings is 1. The van der Waals surface area contributed by atoms with Gasteiger partial charge >= 0.3 is 5.97 Å². The number of fused-ring (bicyclic) bond motifs is 1. The number of piperidine rings is 1. The zero-order valence-corrected chi connectivity index (χ0v) is 17.3. The quantitative estimate of drug-likeness (QED) is 0.660. The Labute approximate surface area is 174 Å². The summed E-state index contributed by atoms with van der Waals surface area (Å²) in [5, 5.41) is 3.80. The lowest BCUT2D eigenvalue weighted by molar-refractivity contribution is -0.120. The molecule has 0 bridgehead atoms. The average Bonchev–Trinajstić information content (AvgIpc) is 3.07. The number of nitrogens with one attached hydrogen (secondary N) is 1. The van der Waals surface area contributed by atoms with Crippen LogP contribution in [0.1, 0.15) is 34.5 Å². The molecule has 30 heavy (non-hydrogen) atoms. The predicted octanol–water partition coefficient (Wildman–Crippen LogP) is 3.48. The number of hydrogen-bond acceptors (Lipinski definition) is 7. The Morgan fingerprint density at radius 2 is 2.03 bits per heavy atom. The number of carbonyl (C=O) groups excluding carboxylic acids is 2. The van der Waals surface area contributed by atoms with Crippen molar-refractivity contribution < 1.29 is 18.7 Å². The zero-order chi connectivity index (χ0) is 21.3. The van der Waals surface area contributed by atoms with E-state index in [4.69, 9.17) is 9.15 Å². The van der Waals surface area contributed by atoms with E-state index in [9.17, 15) is 9.59 Å². The van der Waals surface area contributed by atoms with Crippen LogP contribution in [0, 0.1) is 19.8 Å². The number of aryl methyl sites for hydroxylation is 2. The molecule has 1 aliphatic heterocycles. The van der Waals surface area contributed by atoms with Crippen LogP contribution in [0.25, 0.3) is 11.1 Å². The van der Waals surface area contributed by atoms with E-state index in [0.29, 0.717) is 23.5 Å². The van der Waals surface area contributed by atoms with Gasteiger partial charge in [-0.05, 0) is 38.8 Å². The summed E-state index contributed by atoms with van der Waals surface area (Å²) in [6.07, 6.45) is 3.12. The van der Waals surface area contributed by atoms with Gasteiger partial charge < -0.3 is 19.4 Å². The van der Waals surface area contributed by atoms with Gasteiger partial charge in [0, 0.05) is 18.7 Å². The molecule has 0 unspecified atom stereocenters. The Bertz CT molecular complexity index is 1110. The molecule has 1 fully saturated rings. The standard InChI is InChI=1S/C22H24N4O4/c1-13-14(2)30-21-18(13)19(23-12-24-21)26-10-6-7-15(11-26)20(27)25-17-9-5-4-8-16(17)22(28)29-3/h4-5,8-9,12,15H,6-7,10-11H2,1-3H3,(H,25,27)/t15-/m0/s1. The molecule has 3 aromatic rings. The number of aromatic nitrogens is 2. The number of rotatable bonds is 4. The van der Waals surface area contributed by atoms with Gasteiger partial charge in [0.25, 0.3) is 0 Å². The van der Waals surface area contributed by atoms with Gasteiger partial charge in [0.2, 0.25) is 11.6 Å². The fraction of sp³-hybridized carbons (Fsp3) is 0.364. The minimum absolute atomic E-state index is 0.124. The van der Waals surface area contributed by atoms with Crippen LogP contribution < -0.4 is 10.2 Å². The Hall–Kier alpha value is -3.42. The Kier molecular flexibility index (Phi) is 5.39. The number of methoxy groups -OCH3 is 1. The smallest absolute Gasteiger partial charge is 0.339 e. The van der Waals surface area contributed by atoms with E-state index >= 15 is 0 Å². The van der Waals surface area contributed by atoms with Crippen LogP contribution >= 0.6 is 0 Å². The Morgan fingerprint density at radius 1 is 1.23 bits per heavy atom. The van der Waals surface area contributed by atoms with Crippen molar-refractivity contribution in [2.75, 3.05) is 30.4 Å². The maximum atomic E-state index is 13.0. The van der Waals surface area contributed by atoms with Crippen molar-refractivity contribution in [1.29, 1.82) is 0 Å². The maximum Gasteiger partial charge on any atom is 0.339 e. The van der Waals surface area contributed by atoms with Gasteiger partial charge in [-0.15, -0.1) is 0 Å². The highest BCUT2D eigenvalue weighted by Gasteiger charge is 2.29. The highest BCUT2D eigenvalue weighted by molar-refractivity contribution is 6.02. The van der Waals surface area contributed by atoms with Gasteiger partial charge in [-0.2, -0.15) is 0 Å². The minimum Gasteiger partial charge on any atom is -0.465 e. The molecule has 8 heteroatoms. The van der Waals surface area contributed by atoms with Crippen molar-refractivity contribution in [3.63, 3.8) is 0 Å². The molecule has 1 saturated heterocycles. The van der Waals surface area contributed by atoms with E-state index < -0.39 is 5.97 Å². The summed E-state index contributed by atoms with van der Waals surface area (Å²) in [6, 6.07) is 6.85. The first-order valence-corrected chi connectivity index (χ1v) is 9.93. The van der Waals surface area contributed by atoms with Crippen molar-refractivity contribution >= 4 is 34.5 Å². The van der Waals surface area contributed by atoms with Crippen molar-refractivity contribution in [1.82, 2.24) is 9.97 Å². The summed E-state index contributed by atoms with van der Waals surface area (Å²) < 4.78 is 10.5.